The van der Waals surface area contributed by atoms with Gasteiger partial charge < -0.3 is 63.2 Å². The van der Waals surface area contributed by atoms with Crippen LogP contribution >= 0.6 is 0 Å². The second-order valence-electron chi connectivity index (χ2n) is 21.7. The Labute approximate surface area is 451 Å². The molecule has 4 aliphatic rings. The highest BCUT2D eigenvalue weighted by molar-refractivity contribution is 6.39. The van der Waals surface area contributed by atoms with E-state index >= 15 is 0 Å². The van der Waals surface area contributed by atoms with Crippen LogP contribution in [-0.4, -0.2) is 183 Å². The first-order chi connectivity index (χ1) is 36.3. The molecule has 0 aromatic rings. The van der Waals surface area contributed by atoms with Gasteiger partial charge in [0.25, 0.3) is 11.7 Å². The van der Waals surface area contributed by atoms with Crippen molar-refractivity contribution >= 4 is 29.2 Å². The van der Waals surface area contributed by atoms with E-state index in [2.05, 4.69) is 0 Å². The van der Waals surface area contributed by atoms with Gasteiger partial charge >= 0.3 is 5.97 Å². The summed E-state index contributed by atoms with van der Waals surface area (Å²) >= 11 is 0. The third kappa shape index (κ3) is 19.4. The number of Topliss-reactive ketones (excluding diaryl/α,β-unsaturated/α-hetero) is 3. The number of hydrogen-bond acceptors (Lipinski definition) is 17. The molecule has 0 radical (unpaired) electrons. The van der Waals surface area contributed by atoms with Gasteiger partial charge in [0, 0.05) is 51.4 Å². The predicted molar refractivity (Wildman–Crippen MR) is 284 cm³/mol. The number of methoxy groups -OCH3 is 2. The molecule has 4 rings (SSSR count). The Kier molecular flexibility index (Phi) is 28.3. The van der Waals surface area contributed by atoms with Gasteiger partial charge in [-0.05, 0) is 107 Å². The van der Waals surface area contributed by atoms with Crippen molar-refractivity contribution in [2.75, 3.05) is 73.6 Å². The molecule has 2 bridgehead atoms. The molecule has 18 heteroatoms. The van der Waals surface area contributed by atoms with E-state index in [4.69, 9.17) is 43.0 Å². The fourth-order valence-electron chi connectivity index (χ4n) is 11.0. The zero-order valence-corrected chi connectivity index (χ0v) is 46.9. The van der Waals surface area contributed by atoms with Gasteiger partial charge in [0.2, 0.25) is 5.79 Å². The predicted octanol–water partition coefficient (Wildman–Crippen LogP) is 5.59. The maximum Gasteiger partial charge on any atom is 0.329 e. The van der Waals surface area contributed by atoms with Crippen LogP contribution in [0, 0.1) is 35.5 Å². The monoisotopic (exact) mass is 1080 g/mol. The molecular weight excluding hydrogens is 983 g/mol. The number of amides is 1. The lowest BCUT2D eigenvalue weighted by Crippen LogP contribution is -2.61. The molecule has 1 saturated carbocycles. The SMILES string of the molecule is CO[C@@H]1C[C@H](C[C@@H](C)[C@@H]2CC(=O)[C@H](C)/C=C(\C)[C@@H](O)[C@@H](OC)C(=O)[C@H](C)C[C@H](C)/C=C/C=C/C=C(\C)[C@H](OCCOCCOCCO)C[C@@H]3CC[C@@H](C)[C@@](O)(O3)C(=O)C(=O)N3CCCC[C@H]3C(=O)O2)CC[C@H]1OCCO. The minimum atomic E-state index is -2.50. The summed E-state index contributed by atoms with van der Waals surface area (Å²) in [6, 6.07) is -1.18. The van der Waals surface area contributed by atoms with Gasteiger partial charge in [-0.3, -0.25) is 19.2 Å². The van der Waals surface area contributed by atoms with Crippen LogP contribution in [0.2, 0.25) is 0 Å². The van der Waals surface area contributed by atoms with Gasteiger partial charge in [-0.25, -0.2) is 4.79 Å². The number of carbonyl (C=O) groups is 5. The van der Waals surface area contributed by atoms with Crippen molar-refractivity contribution in [1.29, 1.82) is 0 Å². The Balaban J connectivity index is 1.69. The highest BCUT2D eigenvalue weighted by Crippen LogP contribution is 2.38. The highest BCUT2D eigenvalue weighted by Gasteiger charge is 2.53. The maximum absolute atomic E-state index is 14.6. The number of ketones is 3. The molecule has 3 heterocycles. The number of aliphatic hydroxyl groups is 4. The third-order valence-corrected chi connectivity index (χ3v) is 15.7. The highest BCUT2D eigenvalue weighted by atomic mass is 16.6. The van der Waals surface area contributed by atoms with Gasteiger partial charge in [0.1, 0.15) is 30.1 Å². The molecule has 15 atom stereocenters. The first-order valence-electron chi connectivity index (χ1n) is 27.9. The molecule has 0 aromatic carbocycles. The number of cyclic esters (lactones) is 1. The van der Waals surface area contributed by atoms with Crippen LogP contribution in [0.25, 0.3) is 0 Å². The van der Waals surface area contributed by atoms with E-state index in [0.717, 1.165) is 12.0 Å². The topological polar surface area (TPSA) is 243 Å². The summed E-state index contributed by atoms with van der Waals surface area (Å²) < 4.78 is 47.2. The summed E-state index contributed by atoms with van der Waals surface area (Å²) in [6.07, 6.45) is 11.2. The van der Waals surface area contributed by atoms with E-state index in [1.54, 1.807) is 40.9 Å². The number of allylic oxidation sites excluding steroid dienone is 6. The van der Waals surface area contributed by atoms with Crippen LogP contribution in [0.15, 0.2) is 47.6 Å². The first kappa shape index (κ1) is 65.0. The largest absolute Gasteiger partial charge is 0.460 e. The number of nitrogens with zero attached hydrogens (tertiary/aromatic N) is 1. The van der Waals surface area contributed by atoms with Gasteiger partial charge in [-0.2, -0.15) is 0 Å². The summed E-state index contributed by atoms with van der Waals surface area (Å²) in [5.74, 6) is -8.32. The number of fused-ring (bicyclic) bond motifs is 3. The normalized spacial score (nSPS) is 36.3. The van der Waals surface area contributed by atoms with Crippen molar-refractivity contribution in [3.8, 4) is 0 Å². The molecule has 1 aliphatic carbocycles. The van der Waals surface area contributed by atoms with E-state index in [1.807, 2.05) is 51.2 Å². The molecular formula is C58H93NO17. The molecule has 3 fully saturated rings. The summed E-state index contributed by atoms with van der Waals surface area (Å²) in [4.78, 5) is 72.9. The number of aliphatic hydroxyl groups excluding tert-OH is 3. The number of ether oxygens (including phenoxy) is 8. The number of esters is 1. The Morgan fingerprint density at radius 3 is 2.18 bits per heavy atom. The molecule has 0 spiro atoms. The fraction of sp³-hybridized carbons (Fsp3) is 0.776. The van der Waals surface area contributed by atoms with Gasteiger partial charge in [0.15, 0.2) is 5.78 Å². The minimum Gasteiger partial charge on any atom is -0.460 e. The lowest BCUT2D eigenvalue weighted by Gasteiger charge is -2.43. The zero-order valence-electron chi connectivity index (χ0n) is 46.9. The van der Waals surface area contributed by atoms with Gasteiger partial charge in [0.05, 0.1) is 77.3 Å². The Hall–Kier alpha value is -3.53. The Morgan fingerprint density at radius 1 is 0.776 bits per heavy atom. The Morgan fingerprint density at radius 2 is 1.49 bits per heavy atom. The molecule has 2 saturated heterocycles. The molecule has 0 unspecified atom stereocenters. The summed E-state index contributed by atoms with van der Waals surface area (Å²) in [6.45, 7) is 13.9. The van der Waals surface area contributed by atoms with E-state index in [1.165, 1.54) is 12.0 Å². The number of hydrogen-bond donors (Lipinski definition) is 4. The van der Waals surface area contributed by atoms with Crippen LogP contribution in [-0.2, 0) is 61.9 Å². The van der Waals surface area contributed by atoms with Crippen LogP contribution in [0.3, 0.4) is 0 Å². The summed E-state index contributed by atoms with van der Waals surface area (Å²) in [7, 11) is 3.00. The Bertz CT molecular complexity index is 1950. The van der Waals surface area contributed by atoms with Crippen molar-refractivity contribution in [1.82, 2.24) is 4.90 Å². The maximum atomic E-state index is 14.6. The van der Waals surface area contributed by atoms with Crippen molar-refractivity contribution in [3.05, 3.63) is 47.6 Å². The lowest BCUT2D eigenvalue weighted by molar-refractivity contribution is -0.266. The fourth-order valence-corrected chi connectivity index (χ4v) is 11.0. The molecule has 3 aliphatic heterocycles. The van der Waals surface area contributed by atoms with Crippen LogP contribution in [0.1, 0.15) is 126 Å². The van der Waals surface area contributed by atoms with Crippen LogP contribution in [0.5, 0.6) is 0 Å². The zero-order chi connectivity index (χ0) is 56.0. The lowest BCUT2D eigenvalue weighted by atomic mass is 9.78. The van der Waals surface area contributed by atoms with E-state index < -0.39 is 77.8 Å². The second-order valence-corrected chi connectivity index (χ2v) is 21.7. The second kappa shape index (κ2) is 33.2. The van der Waals surface area contributed by atoms with E-state index in [-0.39, 0.29) is 107 Å². The van der Waals surface area contributed by atoms with Crippen molar-refractivity contribution in [3.63, 3.8) is 0 Å². The average molecular weight is 1080 g/mol. The standard InChI is InChI=1S/C58H93NO17/c1-37-15-11-10-12-16-38(2)49(74-30-29-72-28-27-71-25-23-60)35-45-20-18-43(7)58(68,76-45)55(65)56(66)59-22-14-13-17-46(59)57(67)75-50(40(4)33-44-19-21-48(73-26-24-61)51(34-44)69-8)36-47(62)39(3)32-42(6)53(64)54(70-9)52(63)41(5)31-37/h10-12,15-16,32,37,39-41,43-46,48-51,53-54,60-61,64,68H,13-14,17-31,33-36H2,1-9H3/b12-10+,15-11+,38-16+,42-32+/t37-,39-,40-,41-,43-,44+,45+,46+,48-,49-,50+,51-,53-,54+,58-/m1/s1. The van der Waals surface area contributed by atoms with Crippen molar-refractivity contribution < 1.29 is 82.3 Å². The molecule has 18 nitrogen and oxygen atoms in total. The first-order valence-corrected chi connectivity index (χ1v) is 27.9. The summed E-state index contributed by atoms with van der Waals surface area (Å²) in [5, 5.41) is 42.1. The van der Waals surface area contributed by atoms with Crippen molar-refractivity contribution in [2.45, 2.75) is 180 Å². The number of piperidine rings is 1. The van der Waals surface area contributed by atoms with Gasteiger partial charge in [-0.15, -0.1) is 0 Å². The van der Waals surface area contributed by atoms with Gasteiger partial charge in [-0.1, -0.05) is 71.1 Å². The van der Waals surface area contributed by atoms with Crippen LogP contribution in [0.4, 0.5) is 0 Å². The molecule has 76 heavy (non-hydrogen) atoms. The van der Waals surface area contributed by atoms with Crippen molar-refractivity contribution in [2.24, 2.45) is 35.5 Å². The average Bonchev–Trinajstić information content (AvgIpc) is 3.40. The van der Waals surface area contributed by atoms with E-state index in [9.17, 15) is 39.3 Å². The smallest absolute Gasteiger partial charge is 0.329 e. The molecule has 4 N–H and O–H groups in total. The number of carbonyl (C=O) groups excluding carboxylic acids is 5. The quantitative estimate of drug-likeness (QED) is 0.0600. The van der Waals surface area contributed by atoms with E-state index in [0.29, 0.717) is 70.2 Å². The molecule has 1 amide bonds. The molecule has 432 valence electrons. The molecule has 0 aromatic heterocycles. The summed E-state index contributed by atoms with van der Waals surface area (Å²) in [5.41, 5.74) is 1.19. The number of rotatable bonds is 17. The minimum absolute atomic E-state index is 0.0227. The van der Waals surface area contributed by atoms with Crippen LogP contribution < -0.4 is 0 Å². The third-order valence-electron chi connectivity index (χ3n) is 15.7.